The summed E-state index contributed by atoms with van der Waals surface area (Å²) in [4.78, 5) is 25.3. The van der Waals surface area contributed by atoms with Gasteiger partial charge in [-0.15, -0.1) is 11.3 Å². The van der Waals surface area contributed by atoms with Crippen LogP contribution in [0.2, 0.25) is 0 Å². The first-order chi connectivity index (χ1) is 13.1. The highest BCUT2D eigenvalue weighted by atomic mass is 32.1. The van der Waals surface area contributed by atoms with Crippen molar-refractivity contribution in [3.05, 3.63) is 38.4 Å². The SMILES string of the molecule is CC1(C)Cc2c(sc(NC(=O)COC(=O)Cc3ccsc3)c2C#N)C(C)(C)[NH2+]1. The van der Waals surface area contributed by atoms with Gasteiger partial charge in [-0.2, -0.15) is 16.6 Å². The van der Waals surface area contributed by atoms with Crippen LogP contribution in [0, 0.1) is 11.3 Å². The van der Waals surface area contributed by atoms with Gasteiger partial charge in [0.2, 0.25) is 0 Å². The van der Waals surface area contributed by atoms with Crippen molar-refractivity contribution in [2.45, 2.75) is 51.6 Å². The van der Waals surface area contributed by atoms with E-state index < -0.39 is 11.9 Å². The van der Waals surface area contributed by atoms with E-state index in [0.717, 1.165) is 22.4 Å². The van der Waals surface area contributed by atoms with Gasteiger partial charge >= 0.3 is 5.97 Å². The van der Waals surface area contributed by atoms with Crippen LogP contribution in [0.4, 0.5) is 5.00 Å². The van der Waals surface area contributed by atoms with Gasteiger partial charge in [0, 0.05) is 6.42 Å². The molecule has 0 saturated carbocycles. The summed E-state index contributed by atoms with van der Waals surface area (Å²) in [6, 6.07) is 4.10. The summed E-state index contributed by atoms with van der Waals surface area (Å²) in [6.45, 7) is 8.20. The number of rotatable bonds is 5. The molecule has 3 rings (SSSR count). The number of fused-ring (bicyclic) bond motifs is 1. The van der Waals surface area contributed by atoms with E-state index in [1.54, 1.807) is 0 Å². The summed E-state index contributed by atoms with van der Waals surface area (Å²) >= 11 is 2.94. The van der Waals surface area contributed by atoms with Crippen molar-refractivity contribution < 1.29 is 19.6 Å². The maximum absolute atomic E-state index is 12.3. The third-order valence-electron chi connectivity index (χ3n) is 4.63. The van der Waals surface area contributed by atoms with Crippen molar-refractivity contribution in [2.24, 2.45) is 0 Å². The normalized spacial score (nSPS) is 16.7. The third kappa shape index (κ3) is 4.43. The molecule has 0 unspecified atom stereocenters. The van der Waals surface area contributed by atoms with E-state index >= 15 is 0 Å². The number of nitrogens with two attached hydrogens (primary N) is 1. The van der Waals surface area contributed by atoms with E-state index in [2.05, 4.69) is 44.4 Å². The second kappa shape index (κ2) is 7.66. The molecule has 0 bridgehead atoms. The average Bonchev–Trinajstić information content (AvgIpc) is 3.19. The zero-order valence-corrected chi connectivity index (χ0v) is 18.1. The molecular formula is C20H24N3O3S2+. The van der Waals surface area contributed by atoms with Gasteiger partial charge in [0.05, 0.1) is 22.4 Å². The second-order valence-corrected chi connectivity index (χ2v) is 10.1. The minimum atomic E-state index is -0.447. The summed E-state index contributed by atoms with van der Waals surface area (Å²) in [6.07, 6.45) is 0.906. The Kier molecular flexibility index (Phi) is 5.62. The van der Waals surface area contributed by atoms with Gasteiger partial charge in [-0.3, -0.25) is 9.59 Å². The number of ether oxygens (including phenoxy) is 1. The Bertz CT molecular complexity index is 937. The Labute approximate surface area is 172 Å². The molecular weight excluding hydrogens is 394 g/mol. The summed E-state index contributed by atoms with van der Waals surface area (Å²) in [5.74, 6) is -0.883. The predicted octanol–water partition coefficient (Wildman–Crippen LogP) is 2.54. The fourth-order valence-corrected chi connectivity index (χ4v) is 5.76. The lowest BCUT2D eigenvalue weighted by Gasteiger charge is -2.38. The van der Waals surface area contributed by atoms with Crippen LogP contribution in [0.5, 0.6) is 0 Å². The van der Waals surface area contributed by atoms with Crippen LogP contribution in [-0.4, -0.2) is 24.0 Å². The molecule has 148 valence electrons. The predicted molar refractivity (Wildman–Crippen MR) is 109 cm³/mol. The number of esters is 1. The number of hydrogen-bond donors (Lipinski definition) is 2. The van der Waals surface area contributed by atoms with E-state index in [-0.39, 0.29) is 24.1 Å². The van der Waals surface area contributed by atoms with Crippen molar-refractivity contribution in [3.63, 3.8) is 0 Å². The molecule has 1 amide bonds. The van der Waals surface area contributed by atoms with Gasteiger partial charge in [0.1, 0.15) is 16.6 Å². The lowest BCUT2D eigenvalue weighted by atomic mass is 9.81. The summed E-state index contributed by atoms with van der Waals surface area (Å²) < 4.78 is 5.07. The number of nitriles is 1. The zero-order valence-electron chi connectivity index (χ0n) is 16.4. The molecule has 0 atom stereocenters. The number of anilines is 1. The molecule has 6 nitrogen and oxygen atoms in total. The number of nitrogens with zero attached hydrogens (tertiary/aromatic N) is 1. The van der Waals surface area contributed by atoms with Crippen LogP contribution in [-0.2, 0) is 32.7 Å². The van der Waals surface area contributed by atoms with E-state index in [1.165, 1.54) is 22.7 Å². The quantitative estimate of drug-likeness (QED) is 0.730. The fourth-order valence-electron chi connectivity index (χ4n) is 3.83. The van der Waals surface area contributed by atoms with E-state index in [9.17, 15) is 14.9 Å². The fraction of sp³-hybridized carbons (Fsp3) is 0.450. The number of amides is 1. The zero-order chi connectivity index (χ0) is 20.5. The first kappa shape index (κ1) is 20.5. The minimum absolute atomic E-state index is 0.0262. The van der Waals surface area contributed by atoms with Crippen LogP contribution in [0.1, 0.15) is 49.3 Å². The van der Waals surface area contributed by atoms with Crippen LogP contribution >= 0.6 is 22.7 Å². The van der Waals surface area contributed by atoms with E-state index in [0.29, 0.717) is 10.6 Å². The van der Waals surface area contributed by atoms with Crippen molar-refractivity contribution in [2.75, 3.05) is 11.9 Å². The Balaban J connectivity index is 1.69. The molecule has 1 aliphatic rings. The van der Waals surface area contributed by atoms with Gasteiger partial charge < -0.3 is 15.4 Å². The number of hydrogen-bond acceptors (Lipinski definition) is 6. The van der Waals surface area contributed by atoms with Crippen LogP contribution < -0.4 is 10.6 Å². The van der Waals surface area contributed by atoms with Gasteiger partial charge in [0.25, 0.3) is 5.91 Å². The second-order valence-electron chi connectivity index (χ2n) is 8.27. The summed E-state index contributed by atoms with van der Waals surface area (Å²) in [5.41, 5.74) is 2.20. The van der Waals surface area contributed by atoms with Gasteiger partial charge in [-0.25, -0.2) is 0 Å². The number of nitrogens with one attached hydrogen (secondary N) is 1. The topological polar surface area (TPSA) is 95.8 Å². The Morgan fingerprint density at radius 3 is 2.75 bits per heavy atom. The van der Waals surface area contributed by atoms with Crippen molar-refractivity contribution >= 4 is 39.6 Å². The molecule has 0 radical (unpaired) electrons. The molecule has 0 spiro atoms. The molecule has 28 heavy (non-hydrogen) atoms. The molecule has 8 heteroatoms. The first-order valence-electron chi connectivity index (χ1n) is 9.01. The molecule has 3 heterocycles. The summed E-state index contributed by atoms with van der Waals surface area (Å²) in [7, 11) is 0. The highest BCUT2D eigenvalue weighted by Gasteiger charge is 2.44. The number of thiophene rings is 2. The van der Waals surface area contributed by atoms with Crippen molar-refractivity contribution in [3.8, 4) is 6.07 Å². The Morgan fingerprint density at radius 2 is 2.11 bits per heavy atom. The number of carbonyl (C=O) groups excluding carboxylic acids is 2. The van der Waals surface area contributed by atoms with Crippen LogP contribution in [0.25, 0.3) is 0 Å². The van der Waals surface area contributed by atoms with Gasteiger partial charge in [-0.1, -0.05) is 0 Å². The molecule has 2 aromatic heterocycles. The Hall–Kier alpha value is -2.21. The van der Waals surface area contributed by atoms with Crippen molar-refractivity contribution in [1.82, 2.24) is 0 Å². The van der Waals surface area contributed by atoms with Crippen molar-refractivity contribution in [1.29, 1.82) is 5.26 Å². The van der Waals surface area contributed by atoms with E-state index in [4.69, 9.17) is 4.74 Å². The van der Waals surface area contributed by atoms with Crippen LogP contribution in [0.3, 0.4) is 0 Å². The monoisotopic (exact) mass is 418 g/mol. The maximum atomic E-state index is 12.3. The standard InChI is InChI=1S/C20H23N3O3S2/c1-19(2)8-13-14(9-21)18(28-17(13)20(3,4)23-19)22-15(24)10-26-16(25)7-12-5-6-27-11-12/h5-6,11,23H,7-8,10H2,1-4H3,(H,22,24)/p+1. The molecule has 2 aromatic rings. The Morgan fingerprint density at radius 1 is 1.36 bits per heavy atom. The number of carbonyl (C=O) groups is 2. The van der Waals surface area contributed by atoms with Gasteiger partial charge in [-0.05, 0) is 55.6 Å². The molecule has 3 N–H and O–H groups in total. The maximum Gasteiger partial charge on any atom is 0.310 e. The highest BCUT2D eigenvalue weighted by Crippen LogP contribution is 2.41. The minimum Gasteiger partial charge on any atom is -0.455 e. The largest absolute Gasteiger partial charge is 0.455 e. The molecule has 1 aliphatic heterocycles. The third-order valence-corrected chi connectivity index (χ3v) is 6.85. The molecule has 0 fully saturated rings. The lowest BCUT2D eigenvalue weighted by molar-refractivity contribution is -0.789. The molecule has 0 aliphatic carbocycles. The van der Waals surface area contributed by atoms with Gasteiger partial charge in [0.15, 0.2) is 6.61 Å². The lowest BCUT2D eigenvalue weighted by Crippen LogP contribution is -3.03. The first-order valence-corrected chi connectivity index (χ1v) is 10.8. The number of quaternary nitrogens is 1. The molecule has 0 saturated heterocycles. The van der Waals surface area contributed by atoms with Crippen LogP contribution in [0.15, 0.2) is 16.8 Å². The summed E-state index contributed by atoms with van der Waals surface area (Å²) in [5, 5.41) is 19.1. The average molecular weight is 419 g/mol. The smallest absolute Gasteiger partial charge is 0.310 e. The highest BCUT2D eigenvalue weighted by molar-refractivity contribution is 7.16. The molecule has 0 aromatic carbocycles. The van der Waals surface area contributed by atoms with E-state index in [1.807, 2.05) is 16.8 Å².